The van der Waals surface area contributed by atoms with Crippen molar-refractivity contribution in [2.75, 3.05) is 6.54 Å². The largest absolute Gasteiger partial charge is 0.352 e. The fourth-order valence-corrected chi connectivity index (χ4v) is 4.25. The summed E-state index contributed by atoms with van der Waals surface area (Å²) in [6.07, 6.45) is 1.11. The summed E-state index contributed by atoms with van der Waals surface area (Å²) >= 11 is 0. The number of nitrogens with one attached hydrogen (secondary N) is 1. The highest BCUT2D eigenvalue weighted by molar-refractivity contribution is 6.78. The lowest BCUT2D eigenvalue weighted by Crippen LogP contribution is -2.30. The Hall–Kier alpha value is -1.09. The minimum Gasteiger partial charge on any atom is -0.352 e. The summed E-state index contributed by atoms with van der Waals surface area (Å²) in [6.45, 7) is 7.87. The van der Waals surface area contributed by atoms with E-state index in [2.05, 4.69) is 25.7 Å². The zero-order valence-corrected chi connectivity index (χ0v) is 12.8. The molecule has 0 saturated heterocycles. The predicted octanol–water partition coefficient (Wildman–Crippen LogP) is 3.92. The molecule has 100 valence electrons. The van der Waals surface area contributed by atoms with Gasteiger partial charge < -0.3 is 5.32 Å². The first kappa shape index (κ1) is 15.0. The highest BCUT2D eigenvalue weighted by atomic mass is 28.3. The van der Waals surface area contributed by atoms with Crippen LogP contribution in [0, 0.1) is 0 Å². The van der Waals surface area contributed by atoms with Crippen molar-refractivity contribution in [2.45, 2.75) is 44.9 Å². The second kappa shape index (κ2) is 7.37. The van der Waals surface area contributed by atoms with Gasteiger partial charge in [0.15, 0.2) is 0 Å². The lowest BCUT2D eigenvalue weighted by molar-refractivity contribution is 0.0953. The van der Waals surface area contributed by atoms with E-state index in [1.807, 2.05) is 30.3 Å². The third-order valence-corrected chi connectivity index (χ3v) is 8.96. The highest BCUT2D eigenvalue weighted by Crippen LogP contribution is 2.21. The van der Waals surface area contributed by atoms with E-state index in [9.17, 15) is 4.79 Å². The van der Waals surface area contributed by atoms with Crippen LogP contribution in [0.15, 0.2) is 30.3 Å². The van der Waals surface area contributed by atoms with Crippen LogP contribution in [-0.2, 0) is 0 Å². The molecule has 0 fully saturated rings. The zero-order chi connectivity index (χ0) is 13.4. The molecule has 0 unspecified atom stereocenters. The third-order valence-electron chi connectivity index (χ3n) is 3.99. The second-order valence-corrected chi connectivity index (χ2v) is 10.8. The maximum absolute atomic E-state index is 11.8. The molecule has 1 aromatic carbocycles. The molecule has 0 aliphatic rings. The first-order valence-corrected chi connectivity index (χ1v) is 10.1. The summed E-state index contributed by atoms with van der Waals surface area (Å²) in [4.78, 5) is 11.8. The van der Waals surface area contributed by atoms with E-state index in [0.29, 0.717) is 0 Å². The summed E-state index contributed by atoms with van der Waals surface area (Å²) in [5.74, 6) is 0.0481. The molecule has 0 aliphatic carbocycles. The molecule has 0 heterocycles. The summed E-state index contributed by atoms with van der Waals surface area (Å²) < 4.78 is 0. The van der Waals surface area contributed by atoms with Crippen molar-refractivity contribution in [3.8, 4) is 0 Å². The molecule has 0 aromatic heterocycles. The summed E-state index contributed by atoms with van der Waals surface area (Å²) in [6, 6.07) is 13.4. The van der Waals surface area contributed by atoms with Crippen molar-refractivity contribution in [1.29, 1.82) is 0 Å². The highest BCUT2D eigenvalue weighted by Gasteiger charge is 2.21. The fraction of sp³-hybridized carbons (Fsp3) is 0.533. The number of rotatable bonds is 7. The molecule has 1 rings (SSSR count). The number of carbonyl (C=O) groups excluding carboxylic acids is 1. The van der Waals surface area contributed by atoms with E-state index in [0.717, 1.165) is 18.5 Å². The Morgan fingerprint density at radius 3 is 2.33 bits per heavy atom. The van der Waals surface area contributed by atoms with Gasteiger partial charge >= 0.3 is 0 Å². The average Bonchev–Trinajstić information content (AvgIpc) is 2.44. The van der Waals surface area contributed by atoms with E-state index in [1.54, 1.807) is 0 Å². The molecule has 3 heteroatoms. The minimum atomic E-state index is -1.000. The van der Waals surface area contributed by atoms with Crippen molar-refractivity contribution in [1.82, 2.24) is 5.32 Å². The number of amides is 1. The van der Waals surface area contributed by atoms with Gasteiger partial charge in [-0.15, -0.1) is 0 Å². The number of hydrogen-bond acceptors (Lipinski definition) is 1. The molecule has 18 heavy (non-hydrogen) atoms. The molecule has 0 atom stereocenters. The van der Waals surface area contributed by atoms with Crippen LogP contribution in [0.5, 0.6) is 0 Å². The molecule has 2 nitrogen and oxygen atoms in total. The Morgan fingerprint density at radius 2 is 1.78 bits per heavy atom. The Morgan fingerprint density at radius 1 is 1.17 bits per heavy atom. The molecular formula is C15H25NOSi. The topological polar surface area (TPSA) is 29.1 Å². The van der Waals surface area contributed by atoms with Gasteiger partial charge in [-0.05, 0) is 18.6 Å². The van der Waals surface area contributed by atoms with Crippen LogP contribution in [0.4, 0.5) is 0 Å². The van der Waals surface area contributed by atoms with E-state index in [-0.39, 0.29) is 5.91 Å². The van der Waals surface area contributed by atoms with Crippen molar-refractivity contribution >= 4 is 14.0 Å². The molecule has 0 spiro atoms. The zero-order valence-electron chi connectivity index (χ0n) is 11.8. The molecular weight excluding hydrogens is 238 g/mol. The summed E-state index contributed by atoms with van der Waals surface area (Å²) in [5, 5.41) is 3.00. The quantitative estimate of drug-likeness (QED) is 0.586. The molecule has 0 aliphatic heterocycles. The molecule has 1 aromatic rings. The van der Waals surface area contributed by atoms with Crippen LogP contribution in [0.25, 0.3) is 0 Å². The fourth-order valence-electron chi connectivity index (χ4n) is 2.01. The van der Waals surface area contributed by atoms with E-state index in [1.165, 1.54) is 18.1 Å². The van der Waals surface area contributed by atoms with Gasteiger partial charge in [-0.3, -0.25) is 4.79 Å². The van der Waals surface area contributed by atoms with Crippen LogP contribution in [0.2, 0.25) is 24.7 Å². The first-order valence-electron chi connectivity index (χ1n) is 6.94. The first-order chi connectivity index (χ1) is 8.61. The molecule has 0 saturated carbocycles. The Kier molecular flexibility index (Phi) is 6.12. The van der Waals surface area contributed by atoms with E-state index in [4.69, 9.17) is 0 Å². The summed E-state index contributed by atoms with van der Waals surface area (Å²) in [7, 11) is -1.000. The monoisotopic (exact) mass is 263 g/mol. The lowest BCUT2D eigenvalue weighted by atomic mass is 10.2. The third kappa shape index (κ3) is 4.65. The van der Waals surface area contributed by atoms with Crippen LogP contribution in [0.3, 0.4) is 0 Å². The average molecular weight is 263 g/mol. The Labute approximate surface area is 112 Å². The molecule has 0 radical (unpaired) electrons. The van der Waals surface area contributed by atoms with Crippen molar-refractivity contribution in [3.05, 3.63) is 35.9 Å². The minimum absolute atomic E-state index is 0.0481. The Balaban J connectivity index is 2.29. The predicted molar refractivity (Wildman–Crippen MR) is 80.8 cm³/mol. The van der Waals surface area contributed by atoms with Crippen LogP contribution < -0.4 is 5.32 Å². The lowest BCUT2D eigenvalue weighted by Gasteiger charge is -2.24. The molecule has 0 bridgehead atoms. The van der Waals surface area contributed by atoms with E-state index < -0.39 is 8.07 Å². The number of carbonyl (C=O) groups is 1. The normalized spacial score (nSPS) is 11.3. The number of hydrogen-bond donors (Lipinski definition) is 1. The molecule has 1 N–H and O–H groups in total. The van der Waals surface area contributed by atoms with Crippen LogP contribution in [-0.4, -0.2) is 20.5 Å². The van der Waals surface area contributed by atoms with Crippen LogP contribution >= 0.6 is 0 Å². The maximum Gasteiger partial charge on any atom is 0.251 e. The van der Waals surface area contributed by atoms with Gasteiger partial charge in [-0.1, -0.05) is 56.7 Å². The van der Waals surface area contributed by atoms with Gasteiger partial charge in [0.2, 0.25) is 0 Å². The van der Waals surface area contributed by atoms with Crippen LogP contribution in [0.1, 0.15) is 30.6 Å². The van der Waals surface area contributed by atoms with Gasteiger partial charge in [0.1, 0.15) is 0 Å². The van der Waals surface area contributed by atoms with Gasteiger partial charge in [-0.25, -0.2) is 0 Å². The van der Waals surface area contributed by atoms with Gasteiger partial charge in [-0.2, -0.15) is 0 Å². The number of benzene rings is 1. The van der Waals surface area contributed by atoms with Gasteiger partial charge in [0.05, 0.1) is 0 Å². The smallest absolute Gasteiger partial charge is 0.251 e. The van der Waals surface area contributed by atoms with Gasteiger partial charge in [0.25, 0.3) is 5.91 Å². The maximum atomic E-state index is 11.8. The summed E-state index contributed by atoms with van der Waals surface area (Å²) in [5.41, 5.74) is 0.753. The van der Waals surface area contributed by atoms with Crippen molar-refractivity contribution in [2.24, 2.45) is 0 Å². The SMILES string of the molecule is CC[Si](C)(CC)CCCNC(=O)c1ccccc1. The van der Waals surface area contributed by atoms with Crippen molar-refractivity contribution < 1.29 is 4.79 Å². The standard InChI is InChI=1S/C15H25NOSi/c1-4-18(3,5-2)13-9-12-16-15(17)14-10-7-6-8-11-14/h6-8,10-11H,4-5,9,12-13H2,1-3H3,(H,16,17). The van der Waals surface area contributed by atoms with E-state index >= 15 is 0 Å². The molecule has 1 amide bonds. The second-order valence-electron chi connectivity index (χ2n) is 5.24. The Bertz CT molecular complexity index is 360. The van der Waals surface area contributed by atoms with Gasteiger partial charge in [0, 0.05) is 20.2 Å². The van der Waals surface area contributed by atoms with Crippen molar-refractivity contribution in [3.63, 3.8) is 0 Å².